The summed E-state index contributed by atoms with van der Waals surface area (Å²) in [6, 6.07) is 15.8. The van der Waals surface area contributed by atoms with E-state index < -0.39 is 22.5 Å². The van der Waals surface area contributed by atoms with Gasteiger partial charge in [0, 0.05) is 5.02 Å². The highest BCUT2D eigenvalue weighted by Gasteiger charge is 2.28. The summed E-state index contributed by atoms with van der Waals surface area (Å²) in [6.07, 6.45) is 1.34. The molecule has 0 aliphatic rings. The van der Waals surface area contributed by atoms with Gasteiger partial charge in [-0.3, -0.25) is 9.10 Å². The number of hydrogen-bond donors (Lipinski definition) is 2. The highest BCUT2D eigenvalue weighted by atomic mass is 79.9. The number of ether oxygens (including phenoxy) is 1. The van der Waals surface area contributed by atoms with Gasteiger partial charge >= 0.3 is 0 Å². The van der Waals surface area contributed by atoms with Crippen molar-refractivity contribution in [3.63, 3.8) is 0 Å². The van der Waals surface area contributed by atoms with Crippen molar-refractivity contribution in [2.45, 2.75) is 11.8 Å². The van der Waals surface area contributed by atoms with Crippen molar-refractivity contribution >= 4 is 55.4 Å². The molecule has 34 heavy (non-hydrogen) atoms. The fraction of sp³-hybridized carbons (Fsp3) is 0.130. The topological polar surface area (TPSA) is 108 Å². The maximum atomic E-state index is 13.4. The second-order valence-corrected chi connectivity index (χ2v) is 10.2. The summed E-state index contributed by atoms with van der Waals surface area (Å²) >= 11 is 9.42. The van der Waals surface area contributed by atoms with Crippen LogP contribution in [0.2, 0.25) is 5.02 Å². The lowest BCUT2D eigenvalue weighted by Crippen LogP contribution is -2.40. The number of hydrogen-bond acceptors (Lipinski definition) is 6. The van der Waals surface area contributed by atoms with Gasteiger partial charge in [-0.25, -0.2) is 13.8 Å². The van der Waals surface area contributed by atoms with E-state index in [1.807, 2.05) is 0 Å². The van der Waals surface area contributed by atoms with Gasteiger partial charge in [0.25, 0.3) is 15.9 Å². The van der Waals surface area contributed by atoms with Crippen molar-refractivity contribution in [2.24, 2.45) is 5.10 Å². The molecule has 0 aromatic heterocycles. The van der Waals surface area contributed by atoms with Crippen LogP contribution in [0.1, 0.15) is 11.1 Å². The minimum Gasteiger partial charge on any atom is -0.503 e. The molecule has 0 saturated heterocycles. The molecule has 0 saturated carbocycles. The number of aromatic hydroxyl groups is 1. The van der Waals surface area contributed by atoms with E-state index >= 15 is 0 Å². The van der Waals surface area contributed by atoms with Crippen molar-refractivity contribution in [3.05, 3.63) is 81.3 Å². The van der Waals surface area contributed by atoms with Crippen LogP contribution in [0.5, 0.6) is 11.5 Å². The number of benzene rings is 3. The third-order valence-corrected chi connectivity index (χ3v) is 7.59. The van der Waals surface area contributed by atoms with E-state index in [9.17, 15) is 18.3 Å². The minimum atomic E-state index is -4.07. The van der Waals surface area contributed by atoms with E-state index in [1.54, 1.807) is 49.4 Å². The summed E-state index contributed by atoms with van der Waals surface area (Å²) in [5.41, 5.74) is 3.66. The third-order valence-electron chi connectivity index (χ3n) is 4.80. The van der Waals surface area contributed by atoms with Gasteiger partial charge in [-0.05, 0) is 70.4 Å². The molecular weight excluding hydrogens is 546 g/mol. The van der Waals surface area contributed by atoms with Gasteiger partial charge in [-0.2, -0.15) is 5.10 Å². The molecule has 0 aliphatic carbocycles. The number of hydrazone groups is 1. The molecule has 178 valence electrons. The number of sulfonamides is 1. The first-order chi connectivity index (χ1) is 16.1. The SMILES string of the molecule is COc1cc(C=NNC(=O)CN(c2cccc(Cl)c2C)S(=O)(=O)c2ccccc2)cc(Br)c1O. The van der Waals surface area contributed by atoms with E-state index in [-0.39, 0.29) is 22.1 Å². The van der Waals surface area contributed by atoms with Crippen LogP contribution in [0.25, 0.3) is 0 Å². The van der Waals surface area contributed by atoms with Crippen molar-refractivity contribution < 1.29 is 23.1 Å². The number of nitrogens with zero attached hydrogens (tertiary/aromatic N) is 2. The number of amides is 1. The molecule has 3 aromatic rings. The van der Waals surface area contributed by atoms with Gasteiger partial charge in [0.1, 0.15) is 6.54 Å². The number of methoxy groups -OCH3 is 1. The number of anilines is 1. The summed E-state index contributed by atoms with van der Waals surface area (Å²) in [6.45, 7) is 1.15. The molecular formula is C23H21BrClN3O5S. The smallest absolute Gasteiger partial charge is 0.264 e. The number of nitrogens with one attached hydrogen (secondary N) is 1. The second-order valence-electron chi connectivity index (χ2n) is 7.06. The predicted molar refractivity (Wildman–Crippen MR) is 135 cm³/mol. The molecule has 0 aliphatic heterocycles. The lowest BCUT2D eigenvalue weighted by molar-refractivity contribution is -0.119. The van der Waals surface area contributed by atoms with E-state index in [0.717, 1.165) is 4.31 Å². The standard InChI is InChI=1S/C23H21BrClN3O5S/c1-15-19(25)9-6-10-20(15)28(34(31,32)17-7-4-3-5-8-17)14-22(29)27-26-13-16-11-18(24)23(30)21(12-16)33-2/h3-13,30H,14H2,1-2H3,(H,27,29). The molecule has 0 heterocycles. The Bertz CT molecular complexity index is 1330. The molecule has 0 atom stereocenters. The Morgan fingerprint density at radius 3 is 2.59 bits per heavy atom. The fourth-order valence-electron chi connectivity index (χ4n) is 3.05. The van der Waals surface area contributed by atoms with Crippen LogP contribution in [-0.2, 0) is 14.8 Å². The summed E-state index contributed by atoms with van der Waals surface area (Å²) in [7, 11) is -2.67. The predicted octanol–water partition coefficient (Wildman–Crippen LogP) is 4.47. The molecule has 8 nitrogen and oxygen atoms in total. The highest BCUT2D eigenvalue weighted by molar-refractivity contribution is 9.10. The van der Waals surface area contributed by atoms with Crippen molar-refractivity contribution in [2.75, 3.05) is 18.0 Å². The highest BCUT2D eigenvalue weighted by Crippen LogP contribution is 2.34. The first-order valence-electron chi connectivity index (χ1n) is 9.86. The molecule has 3 aromatic carbocycles. The largest absolute Gasteiger partial charge is 0.503 e. The zero-order valence-electron chi connectivity index (χ0n) is 18.2. The number of phenols is 1. The summed E-state index contributed by atoms with van der Waals surface area (Å²) in [4.78, 5) is 12.7. The molecule has 2 N–H and O–H groups in total. The van der Waals surface area contributed by atoms with Crippen LogP contribution in [-0.4, -0.2) is 39.3 Å². The molecule has 0 bridgehead atoms. The van der Waals surface area contributed by atoms with Gasteiger partial charge in [-0.15, -0.1) is 0 Å². The van der Waals surface area contributed by atoms with Crippen LogP contribution >= 0.6 is 27.5 Å². The Hall–Kier alpha value is -3.08. The first-order valence-corrected chi connectivity index (χ1v) is 12.5. The van der Waals surface area contributed by atoms with Gasteiger partial charge in [-0.1, -0.05) is 35.9 Å². The van der Waals surface area contributed by atoms with E-state index in [2.05, 4.69) is 26.5 Å². The fourth-order valence-corrected chi connectivity index (χ4v) is 5.18. The van der Waals surface area contributed by atoms with Crippen LogP contribution in [0.15, 0.2) is 75.1 Å². The lowest BCUT2D eigenvalue weighted by Gasteiger charge is -2.25. The van der Waals surface area contributed by atoms with Crippen molar-refractivity contribution in [1.29, 1.82) is 0 Å². The zero-order chi connectivity index (χ0) is 24.9. The van der Waals surface area contributed by atoms with Crippen LogP contribution in [0, 0.1) is 6.92 Å². The third kappa shape index (κ3) is 5.69. The number of halogens is 2. The van der Waals surface area contributed by atoms with E-state index in [1.165, 1.54) is 31.5 Å². The Morgan fingerprint density at radius 1 is 1.21 bits per heavy atom. The molecule has 3 rings (SSSR count). The first kappa shape index (κ1) is 25.5. The Labute approximate surface area is 211 Å². The van der Waals surface area contributed by atoms with Gasteiger partial charge in [0.15, 0.2) is 11.5 Å². The average molecular weight is 567 g/mol. The molecule has 0 fully saturated rings. The molecule has 0 unspecified atom stereocenters. The number of carbonyl (C=O) groups is 1. The van der Waals surface area contributed by atoms with Gasteiger partial charge < -0.3 is 9.84 Å². The van der Waals surface area contributed by atoms with Gasteiger partial charge in [0.05, 0.1) is 28.4 Å². The van der Waals surface area contributed by atoms with E-state index in [4.69, 9.17) is 16.3 Å². The summed E-state index contributed by atoms with van der Waals surface area (Å²) in [5, 5.41) is 14.2. The minimum absolute atomic E-state index is 0.0340. The lowest BCUT2D eigenvalue weighted by atomic mass is 10.2. The molecule has 11 heteroatoms. The van der Waals surface area contributed by atoms with Crippen molar-refractivity contribution in [1.82, 2.24) is 5.43 Å². The molecule has 0 radical (unpaired) electrons. The van der Waals surface area contributed by atoms with Crippen LogP contribution < -0.4 is 14.5 Å². The zero-order valence-corrected chi connectivity index (χ0v) is 21.4. The summed E-state index contributed by atoms with van der Waals surface area (Å²) < 4.78 is 33.2. The van der Waals surface area contributed by atoms with Crippen LogP contribution in [0.3, 0.4) is 0 Å². The molecule has 1 amide bonds. The number of phenolic OH excluding ortho intramolecular Hbond substituents is 1. The molecule has 0 spiro atoms. The number of rotatable bonds is 8. The maximum absolute atomic E-state index is 13.4. The Kier molecular flexibility index (Phi) is 8.19. The second kappa shape index (κ2) is 10.9. The van der Waals surface area contributed by atoms with Crippen LogP contribution in [0.4, 0.5) is 5.69 Å². The monoisotopic (exact) mass is 565 g/mol. The van der Waals surface area contributed by atoms with Gasteiger partial charge in [0.2, 0.25) is 0 Å². The maximum Gasteiger partial charge on any atom is 0.264 e. The van der Waals surface area contributed by atoms with Crippen molar-refractivity contribution in [3.8, 4) is 11.5 Å². The Balaban J connectivity index is 1.87. The summed E-state index contributed by atoms with van der Waals surface area (Å²) in [5.74, 6) is -0.513. The Morgan fingerprint density at radius 2 is 1.91 bits per heavy atom. The van der Waals surface area contributed by atoms with E-state index in [0.29, 0.717) is 20.6 Å². The quantitative estimate of drug-likeness (QED) is 0.309. The normalized spacial score (nSPS) is 11.4. The average Bonchev–Trinajstić information content (AvgIpc) is 2.82. The number of carbonyl (C=O) groups excluding carboxylic acids is 1.